The van der Waals surface area contributed by atoms with Crippen molar-refractivity contribution in [2.75, 3.05) is 5.73 Å². The van der Waals surface area contributed by atoms with Gasteiger partial charge in [-0.1, -0.05) is 0 Å². The van der Waals surface area contributed by atoms with E-state index in [0.717, 1.165) is 11.3 Å². The van der Waals surface area contributed by atoms with Crippen LogP contribution in [0.5, 0.6) is 0 Å². The second-order valence-corrected chi connectivity index (χ2v) is 3.17. The van der Waals surface area contributed by atoms with Crippen molar-refractivity contribution in [3.05, 3.63) is 42.2 Å². The Morgan fingerprint density at radius 2 is 2.33 bits per heavy atom. The van der Waals surface area contributed by atoms with E-state index in [4.69, 9.17) is 11.0 Å². The SMILES string of the molecule is N#CCc1cc(-n2cccn2)ccc1N. The second-order valence-electron chi connectivity index (χ2n) is 3.17. The molecule has 15 heavy (non-hydrogen) atoms. The first-order valence-electron chi connectivity index (χ1n) is 4.56. The third-order valence-electron chi connectivity index (χ3n) is 2.17. The molecule has 2 N–H and O–H groups in total. The number of nitrogen functional groups attached to an aromatic ring is 1. The van der Waals surface area contributed by atoms with Gasteiger partial charge in [-0.05, 0) is 29.8 Å². The van der Waals surface area contributed by atoms with Gasteiger partial charge in [0.05, 0.1) is 18.2 Å². The molecule has 0 aliphatic rings. The number of benzene rings is 1. The summed E-state index contributed by atoms with van der Waals surface area (Å²) in [5, 5.41) is 12.7. The molecule has 1 heterocycles. The fourth-order valence-corrected chi connectivity index (χ4v) is 1.39. The lowest BCUT2D eigenvalue weighted by Crippen LogP contribution is -1.99. The molecule has 0 aliphatic heterocycles. The largest absolute Gasteiger partial charge is 0.398 e. The number of nitrogens with zero attached hydrogens (tertiary/aromatic N) is 3. The summed E-state index contributed by atoms with van der Waals surface area (Å²) in [5.74, 6) is 0. The van der Waals surface area contributed by atoms with Gasteiger partial charge in [-0.15, -0.1) is 0 Å². The predicted octanol–water partition coefficient (Wildman–Crippen LogP) is 1.52. The molecule has 0 saturated heterocycles. The zero-order chi connectivity index (χ0) is 10.7. The monoisotopic (exact) mass is 198 g/mol. The number of nitrogens with two attached hydrogens (primary N) is 1. The first-order chi connectivity index (χ1) is 7.31. The lowest BCUT2D eigenvalue weighted by atomic mass is 10.1. The quantitative estimate of drug-likeness (QED) is 0.744. The molecular formula is C11H10N4. The summed E-state index contributed by atoms with van der Waals surface area (Å²) < 4.78 is 1.74. The summed E-state index contributed by atoms with van der Waals surface area (Å²) in [7, 11) is 0. The van der Waals surface area contributed by atoms with E-state index in [2.05, 4.69) is 11.2 Å². The van der Waals surface area contributed by atoms with Gasteiger partial charge < -0.3 is 5.73 Å². The smallest absolute Gasteiger partial charge is 0.0670 e. The number of rotatable bonds is 2. The number of hydrogen-bond donors (Lipinski definition) is 1. The number of aromatic nitrogens is 2. The van der Waals surface area contributed by atoms with E-state index in [9.17, 15) is 0 Å². The lowest BCUT2D eigenvalue weighted by Gasteiger charge is -2.05. The molecule has 4 nitrogen and oxygen atoms in total. The zero-order valence-electron chi connectivity index (χ0n) is 8.09. The van der Waals surface area contributed by atoms with Crippen LogP contribution in [0.4, 0.5) is 5.69 Å². The molecule has 1 aromatic heterocycles. The Bertz CT molecular complexity index is 494. The Hall–Kier alpha value is -2.28. The standard InChI is InChI=1S/C11H10N4/c12-5-4-9-8-10(2-3-11(9)13)15-7-1-6-14-15/h1-3,6-8H,4,13H2. The maximum Gasteiger partial charge on any atom is 0.0670 e. The van der Waals surface area contributed by atoms with Crippen molar-refractivity contribution in [1.29, 1.82) is 5.26 Å². The van der Waals surface area contributed by atoms with Crippen molar-refractivity contribution in [1.82, 2.24) is 9.78 Å². The van der Waals surface area contributed by atoms with Crippen LogP contribution < -0.4 is 5.73 Å². The molecule has 4 heteroatoms. The summed E-state index contributed by atoms with van der Waals surface area (Å²) in [5.41, 5.74) is 8.15. The molecule has 2 rings (SSSR count). The van der Waals surface area contributed by atoms with Crippen LogP contribution in [0.25, 0.3) is 5.69 Å². The van der Waals surface area contributed by atoms with Crippen molar-refractivity contribution >= 4 is 5.69 Å². The summed E-state index contributed by atoms with van der Waals surface area (Å²) in [6.45, 7) is 0. The van der Waals surface area contributed by atoms with Crippen LogP contribution in [-0.4, -0.2) is 9.78 Å². The summed E-state index contributed by atoms with van der Waals surface area (Å²) in [6, 6.07) is 9.49. The number of nitriles is 1. The van der Waals surface area contributed by atoms with Crippen molar-refractivity contribution in [3.8, 4) is 11.8 Å². The average molecular weight is 198 g/mol. The van der Waals surface area contributed by atoms with Crippen LogP contribution in [0.3, 0.4) is 0 Å². The molecule has 0 atom stereocenters. The molecule has 0 saturated carbocycles. The fraction of sp³-hybridized carbons (Fsp3) is 0.0909. The minimum atomic E-state index is 0.320. The van der Waals surface area contributed by atoms with Crippen LogP contribution in [0.15, 0.2) is 36.7 Å². The van der Waals surface area contributed by atoms with Crippen LogP contribution in [-0.2, 0) is 6.42 Å². The van der Waals surface area contributed by atoms with Gasteiger partial charge in [-0.2, -0.15) is 10.4 Å². The van der Waals surface area contributed by atoms with Crippen molar-refractivity contribution in [2.45, 2.75) is 6.42 Å². The Morgan fingerprint density at radius 1 is 1.47 bits per heavy atom. The maximum absolute atomic E-state index is 8.64. The Labute approximate surface area is 87.6 Å². The molecule has 2 aromatic rings. The molecule has 0 aliphatic carbocycles. The average Bonchev–Trinajstić information content (AvgIpc) is 2.75. The Morgan fingerprint density at radius 3 is 3.00 bits per heavy atom. The summed E-state index contributed by atoms with van der Waals surface area (Å²) >= 11 is 0. The summed E-state index contributed by atoms with van der Waals surface area (Å²) in [6.07, 6.45) is 3.88. The van der Waals surface area contributed by atoms with E-state index in [0.29, 0.717) is 12.1 Å². The molecule has 74 valence electrons. The lowest BCUT2D eigenvalue weighted by molar-refractivity contribution is 0.878. The first-order valence-corrected chi connectivity index (χ1v) is 4.56. The molecule has 0 fully saturated rings. The van der Waals surface area contributed by atoms with Crippen LogP contribution >= 0.6 is 0 Å². The molecular weight excluding hydrogens is 188 g/mol. The van der Waals surface area contributed by atoms with Gasteiger partial charge in [-0.25, -0.2) is 4.68 Å². The molecule has 0 spiro atoms. The van der Waals surface area contributed by atoms with Gasteiger partial charge in [0.25, 0.3) is 0 Å². The van der Waals surface area contributed by atoms with Crippen LogP contribution in [0.2, 0.25) is 0 Å². The van der Waals surface area contributed by atoms with E-state index in [1.165, 1.54) is 0 Å². The van der Waals surface area contributed by atoms with Gasteiger partial charge in [0, 0.05) is 18.1 Å². The van der Waals surface area contributed by atoms with Crippen LogP contribution in [0, 0.1) is 11.3 Å². The van der Waals surface area contributed by atoms with Crippen molar-refractivity contribution in [3.63, 3.8) is 0 Å². The first kappa shape index (κ1) is 9.28. The highest BCUT2D eigenvalue weighted by molar-refractivity contribution is 5.53. The van der Waals surface area contributed by atoms with E-state index >= 15 is 0 Å². The van der Waals surface area contributed by atoms with E-state index in [-0.39, 0.29) is 0 Å². The van der Waals surface area contributed by atoms with E-state index < -0.39 is 0 Å². The Kier molecular flexibility index (Phi) is 2.38. The highest BCUT2D eigenvalue weighted by Gasteiger charge is 2.02. The normalized spacial score (nSPS) is 9.80. The highest BCUT2D eigenvalue weighted by atomic mass is 15.3. The minimum Gasteiger partial charge on any atom is -0.398 e. The predicted molar refractivity (Wildman–Crippen MR) is 57.3 cm³/mol. The second kappa shape index (κ2) is 3.84. The van der Waals surface area contributed by atoms with Crippen molar-refractivity contribution < 1.29 is 0 Å². The number of hydrogen-bond acceptors (Lipinski definition) is 3. The van der Waals surface area contributed by atoms with E-state index in [1.54, 1.807) is 16.9 Å². The third kappa shape index (κ3) is 1.81. The zero-order valence-corrected chi connectivity index (χ0v) is 8.09. The van der Waals surface area contributed by atoms with Crippen molar-refractivity contribution in [2.24, 2.45) is 0 Å². The van der Waals surface area contributed by atoms with Crippen LogP contribution in [0.1, 0.15) is 5.56 Å². The van der Waals surface area contributed by atoms with E-state index in [1.807, 2.05) is 24.4 Å². The maximum atomic E-state index is 8.64. The van der Waals surface area contributed by atoms with Gasteiger partial charge in [0.1, 0.15) is 0 Å². The van der Waals surface area contributed by atoms with Gasteiger partial charge in [0.2, 0.25) is 0 Å². The summed E-state index contributed by atoms with van der Waals surface area (Å²) in [4.78, 5) is 0. The van der Waals surface area contributed by atoms with Gasteiger partial charge >= 0.3 is 0 Å². The number of anilines is 1. The fourth-order valence-electron chi connectivity index (χ4n) is 1.39. The molecule has 1 aromatic carbocycles. The molecule has 0 amide bonds. The molecule has 0 unspecified atom stereocenters. The topological polar surface area (TPSA) is 67.6 Å². The molecule has 0 radical (unpaired) electrons. The highest BCUT2D eigenvalue weighted by Crippen LogP contribution is 2.16. The molecule has 0 bridgehead atoms. The van der Waals surface area contributed by atoms with Gasteiger partial charge in [0.15, 0.2) is 0 Å². The van der Waals surface area contributed by atoms with Gasteiger partial charge in [-0.3, -0.25) is 0 Å². The third-order valence-corrected chi connectivity index (χ3v) is 2.17. The minimum absolute atomic E-state index is 0.320. The Balaban J connectivity index is 2.44.